The van der Waals surface area contributed by atoms with Gasteiger partial charge in [0, 0.05) is 30.5 Å². The molecular weight excluding hydrogens is 254 g/mol. The SMILES string of the molecule is COc1nc(C)cc(=O)n1CCCNc1ccccc1. The number of aromatic nitrogens is 2. The van der Waals surface area contributed by atoms with Gasteiger partial charge in [-0.05, 0) is 25.5 Å². The van der Waals surface area contributed by atoms with Crippen LogP contribution in [0.2, 0.25) is 0 Å². The lowest BCUT2D eigenvalue weighted by atomic mass is 10.3. The topological polar surface area (TPSA) is 56.1 Å². The second-order valence-corrected chi connectivity index (χ2v) is 4.52. The highest BCUT2D eigenvalue weighted by Crippen LogP contribution is 2.07. The maximum Gasteiger partial charge on any atom is 0.299 e. The number of hydrogen-bond acceptors (Lipinski definition) is 4. The number of anilines is 1. The first-order valence-corrected chi connectivity index (χ1v) is 6.62. The minimum absolute atomic E-state index is 0.0749. The smallest absolute Gasteiger partial charge is 0.299 e. The Balaban J connectivity index is 1.93. The number of hydrogen-bond donors (Lipinski definition) is 1. The summed E-state index contributed by atoms with van der Waals surface area (Å²) in [6.45, 7) is 3.15. The number of nitrogens with zero attached hydrogens (tertiary/aromatic N) is 2. The number of methoxy groups -OCH3 is 1. The van der Waals surface area contributed by atoms with Gasteiger partial charge in [-0.25, -0.2) is 4.98 Å². The molecule has 0 aliphatic heterocycles. The van der Waals surface area contributed by atoms with Crippen LogP contribution in [-0.4, -0.2) is 23.2 Å². The van der Waals surface area contributed by atoms with Gasteiger partial charge in [-0.1, -0.05) is 18.2 Å². The molecule has 0 saturated heterocycles. The zero-order valence-electron chi connectivity index (χ0n) is 11.8. The van der Waals surface area contributed by atoms with Crippen LogP contribution < -0.4 is 15.6 Å². The van der Waals surface area contributed by atoms with Crippen molar-refractivity contribution in [1.29, 1.82) is 0 Å². The summed E-state index contributed by atoms with van der Waals surface area (Å²) in [6, 6.07) is 11.9. The van der Waals surface area contributed by atoms with Crippen molar-refractivity contribution < 1.29 is 4.74 Å². The molecule has 0 amide bonds. The van der Waals surface area contributed by atoms with Crippen molar-refractivity contribution in [1.82, 2.24) is 9.55 Å². The van der Waals surface area contributed by atoms with Crippen LogP contribution in [0.4, 0.5) is 5.69 Å². The molecule has 106 valence electrons. The van der Waals surface area contributed by atoms with Crippen LogP contribution in [0.25, 0.3) is 0 Å². The van der Waals surface area contributed by atoms with E-state index in [0.717, 1.165) is 18.7 Å². The van der Waals surface area contributed by atoms with Gasteiger partial charge in [0.1, 0.15) is 0 Å². The normalized spacial score (nSPS) is 10.3. The highest BCUT2D eigenvalue weighted by molar-refractivity contribution is 5.42. The fourth-order valence-electron chi connectivity index (χ4n) is 1.98. The van der Waals surface area contributed by atoms with Crippen LogP contribution in [0.15, 0.2) is 41.2 Å². The van der Waals surface area contributed by atoms with Gasteiger partial charge in [-0.2, -0.15) is 0 Å². The Morgan fingerprint density at radius 1 is 1.30 bits per heavy atom. The molecular formula is C15H19N3O2. The second kappa shape index (κ2) is 6.75. The van der Waals surface area contributed by atoms with Gasteiger partial charge in [0.2, 0.25) is 0 Å². The van der Waals surface area contributed by atoms with E-state index >= 15 is 0 Å². The molecule has 1 aromatic carbocycles. The second-order valence-electron chi connectivity index (χ2n) is 4.52. The predicted octanol–water partition coefficient (Wildman–Crippen LogP) is 2.06. The molecule has 0 aliphatic carbocycles. The Kier molecular flexibility index (Phi) is 4.76. The summed E-state index contributed by atoms with van der Waals surface area (Å²) >= 11 is 0. The number of benzene rings is 1. The highest BCUT2D eigenvalue weighted by atomic mass is 16.5. The number of ether oxygens (including phenoxy) is 1. The molecule has 2 rings (SSSR count). The Morgan fingerprint density at radius 2 is 2.05 bits per heavy atom. The van der Waals surface area contributed by atoms with E-state index in [9.17, 15) is 4.79 Å². The first kappa shape index (κ1) is 14.1. The lowest BCUT2D eigenvalue weighted by Gasteiger charge is -2.11. The number of aryl methyl sites for hydroxylation is 1. The van der Waals surface area contributed by atoms with Crippen LogP contribution >= 0.6 is 0 Å². The molecule has 1 aromatic heterocycles. The fraction of sp³-hybridized carbons (Fsp3) is 0.333. The van der Waals surface area contributed by atoms with Crippen molar-refractivity contribution >= 4 is 5.69 Å². The molecule has 1 N–H and O–H groups in total. The maximum atomic E-state index is 11.9. The van der Waals surface area contributed by atoms with Crippen LogP contribution in [0.1, 0.15) is 12.1 Å². The lowest BCUT2D eigenvalue weighted by molar-refractivity contribution is 0.343. The highest BCUT2D eigenvalue weighted by Gasteiger charge is 2.06. The third-order valence-electron chi connectivity index (χ3n) is 2.95. The molecule has 0 spiro atoms. The van der Waals surface area contributed by atoms with Crippen molar-refractivity contribution in [2.24, 2.45) is 0 Å². The molecule has 2 aromatic rings. The van der Waals surface area contributed by atoms with E-state index in [1.807, 2.05) is 30.3 Å². The summed E-state index contributed by atoms with van der Waals surface area (Å²) in [4.78, 5) is 16.1. The van der Waals surface area contributed by atoms with Crippen molar-refractivity contribution in [3.8, 4) is 6.01 Å². The van der Waals surface area contributed by atoms with E-state index in [1.54, 1.807) is 11.5 Å². The molecule has 1 heterocycles. The molecule has 0 radical (unpaired) electrons. The summed E-state index contributed by atoms with van der Waals surface area (Å²) < 4.78 is 6.71. The summed E-state index contributed by atoms with van der Waals surface area (Å²) in [6.07, 6.45) is 0.815. The van der Waals surface area contributed by atoms with Gasteiger partial charge in [-0.3, -0.25) is 9.36 Å². The molecule has 0 aliphatic rings. The van der Waals surface area contributed by atoms with Gasteiger partial charge >= 0.3 is 0 Å². The van der Waals surface area contributed by atoms with E-state index in [-0.39, 0.29) is 5.56 Å². The van der Waals surface area contributed by atoms with Crippen LogP contribution in [0.5, 0.6) is 6.01 Å². The summed E-state index contributed by atoms with van der Waals surface area (Å²) in [5, 5.41) is 3.31. The quantitative estimate of drug-likeness (QED) is 0.819. The fourth-order valence-corrected chi connectivity index (χ4v) is 1.98. The van der Waals surface area contributed by atoms with Gasteiger partial charge in [0.05, 0.1) is 7.11 Å². The average molecular weight is 273 g/mol. The summed E-state index contributed by atoms with van der Waals surface area (Å²) in [5.41, 5.74) is 1.67. The molecule has 0 atom stereocenters. The van der Waals surface area contributed by atoms with Crippen LogP contribution in [0, 0.1) is 6.92 Å². The largest absolute Gasteiger partial charge is 0.468 e. The first-order valence-electron chi connectivity index (χ1n) is 6.62. The van der Waals surface area contributed by atoms with E-state index in [0.29, 0.717) is 18.2 Å². The standard InChI is InChI=1S/C15H19N3O2/c1-12-11-14(19)18(15(17-12)20-2)10-6-9-16-13-7-4-3-5-8-13/h3-5,7-8,11,16H,6,9-10H2,1-2H3. The van der Waals surface area contributed by atoms with Crippen molar-refractivity contribution in [2.75, 3.05) is 19.0 Å². The summed E-state index contributed by atoms with van der Waals surface area (Å²) in [7, 11) is 1.53. The van der Waals surface area contributed by atoms with Crippen molar-refractivity contribution in [3.63, 3.8) is 0 Å². The van der Waals surface area contributed by atoms with E-state index in [1.165, 1.54) is 13.2 Å². The van der Waals surface area contributed by atoms with E-state index in [2.05, 4.69) is 10.3 Å². The molecule has 0 saturated carbocycles. The maximum absolute atomic E-state index is 11.9. The molecule has 5 heteroatoms. The van der Waals surface area contributed by atoms with Gasteiger partial charge < -0.3 is 10.1 Å². The summed E-state index contributed by atoms with van der Waals surface area (Å²) in [5.74, 6) is 0. The van der Waals surface area contributed by atoms with Crippen LogP contribution in [-0.2, 0) is 6.54 Å². The Hall–Kier alpha value is -2.30. The van der Waals surface area contributed by atoms with Crippen molar-refractivity contribution in [2.45, 2.75) is 19.9 Å². The average Bonchev–Trinajstić information content (AvgIpc) is 2.45. The third-order valence-corrected chi connectivity index (χ3v) is 2.95. The van der Waals surface area contributed by atoms with E-state index < -0.39 is 0 Å². The minimum Gasteiger partial charge on any atom is -0.468 e. The van der Waals surface area contributed by atoms with Gasteiger partial charge in [0.25, 0.3) is 11.6 Å². The molecule has 0 fully saturated rings. The molecule has 0 unspecified atom stereocenters. The third kappa shape index (κ3) is 3.60. The predicted molar refractivity (Wildman–Crippen MR) is 79.3 cm³/mol. The number of para-hydroxylation sites is 1. The molecule has 20 heavy (non-hydrogen) atoms. The zero-order chi connectivity index (χ0) is 14.4. The molecule has 0 bridgehead atoms. The molecule has 5 nitrogen and oxygen atoms in total. The zero-order valence-corrected chi connectivity index (χ0v) is 11.8. The number of nitrogens with one attached hydrogen (secondary N) is 1. The minimum atomic E-state index is -0.0749. The van der Waals surface area contributed by atoms with Crippen molar-refractivity contribution in [3.05, 3.63) is 52.4 Å². The monoisotopic (exact) mass is 273 g/mol. The van der Waals surface area contributed by atoms with Gasteiger partial charge in [-0.15, -0.1) is 0 Å². The van der Waals surface area contributed by atoms with Crippen LogP contribution in [0.3, 0.4) is 0 Å². The van der Waals surface area contributed by atoms with E-state index in [4.69, 9.17) is 4.74 Å². The Morgan fingerprint density at radius 3 is 2.75 bits per heavy atom. The Labute approximate surface area is 118 Å². The number of rotatable bonds is 6. The lowest BCUT2D eigenvalue weighted by Crippen LogP contribution is -2.23. The Bertz CT molecular complexity index is 608. The first-order chi connectivity index (χ1) is 9.70. The van der Waals surface area contributed by atoms with Gasteiger partial charge in [0.15, 0.2) is 0 Å².